The number of ether oxygens (including phenoxy) is 2. The van der Waals surface area contributed by atoms with E-state index in [0.717, 1.165) is 5.56 Å². The number of hydrogen-bond acceptors (Lipinski definition) is 5. The van der Waals surface area contributed by atoms with Gasteiger partial charge in [-0.2, -0.15) is 0 Å². The molecule has 2 N–H and O–H groups in total. The van der Waals surface area contributed by atoms with Gasteiger partial charge in [-0.1, -0.05) is 12.1 Å². The fourth-order valence-corrected chi connectivity index (χ4v) is 3.23. The predicted octanol–water partition coefficient (Wildman–Crippen LogP) is 2.23. The van der Waals surface area contributed by atoms with Crippen molar-refractivity contribution in [2.24, 2.45) is 0 Å². The normalized spacial score (nSPS) is 13.4. The third-order valence-electron chi connectivity index (χ3n) is 4.89. The molecule has 0 saturated carbocycles. The molecular weight excluding hydrogens is 394 g/mol. The summed E-state index contributed by atoms with van der Waals surface area (Å²) in [5.41, 5.74) is 7.83. The van der Waals surface area contributed by atoms with Crippen LogP contribution in [0.5, 0.6) is 11.5 Å². The number of carbonyl (C=O) groups excluding carboxylic acids is 2. The van der Waals surface area contributed by atoms with Crippen LogP contribution in [0.4, 0.5) is 5.69 Å². The van der Waals surface area contributed by atoms with E-state index in [1.54, 1.807) is 47.2 Å². The quantitative estimate of drug-likeness (QED) is 0.751. The molecule has 29 heavy (non-hydrogen) atoms. The van der Waals surface area contributed by atoms with Crippen molar-refractivity contribution >= 4 is 29.9 Å². The van der Waals surface area contributed by atoms with E-state index in [9.17, 15) is 9.59 Å². The molecule has 1 fully saturated rings. The smallest absolute Gasteiger partial charge is 0.254 e. The van der Waals surface area contributed by atoms with Gasteiger partial charge in [-0.05, 0) is 35.9 Å². The zero-order valence-electron chi connectivity index (χ0n) is 16.6. The van der Waals surface area contributed by atoms with Crippen molar-refractivity contribution in [2.75, 3.05) is 46.1 Å². The summed E-state index contributed by atoms with van der Waals surface area (Å²) in [7, 11) is 3.09. The molecule has 0 atom stereocenters. The van der Waals surface area contributed by atoms with Crippen LogP contribution < -0.4 is 15.2 Å². The minimum atomic E-state index is -0.0772. The number of methoxy groups -OCH3 is 2. The summed E-state index contributed by atoms with van der Waals surface area (Å²) in [6, 6.07) is 12.4. The third-order valence-corrected chi connectivity index (χ3v) is 4.89. The van der Waals surface area contributed by atoms with Gasteiger partial charge in [0.25, 0.3) is 5.91 Å². The standard InChI is InChI=1S/C21H25N3O4.ClH/c1-27-18-8-5-16(14-19(18)28-2)21(26)24-11-9-23(10-12-24)20(25)13-15-3-6-17(22)7-4-15;/h3-8,14H,9-13,22H2,1-2H3;1H. The molecular formula is C21H26ClN3O4. The Kier molecular flexibility index (Phi) is 7.73. The average Bonchev–Trinajstić information content (AvgIpc) is 2.74. The number of anilines is 1. The molecule has 0 spiro atoms. The molecule has 8 heteroatoms. The van der Waals surface area contributed by atoms with Crippen molar-refractivity contribution in [3.05, 3.63) is 53.6 Å². The van der Waals surface area contributed by atoms with Crippen LogP contribution in [0.2, 0.25) is 0 Å². The molecule has 1 aliphatic heterocycles. The fraction of sp³-hybridized carbons (Fsp3) is 0.333. The highest BCUT2D eigenvalue weighted by Crippen LogP contribution is 2.28. The third kappa shape index (κ3) is 5.32. The maximum atomic E-state index is 12.8. The molecule has 1 saturated heterocycles. The molecule has 3 rings (SSSR count). The summed E-state index contributed by atoms with van der Waals surface area (Å²) in [6.07, 6.45) is 0.337. The van der Waals surface area contributed by atoms with Crippen LogP contribution in [0.25, 0.3) is 0 Å². The van der Waals surface area contributed by atoms with Crippen LogP contribution in [0.1, 0.15) is 15.9 Å². The largest absolute Gasteiger partial charge is 0.493 e. The number of nitrogen functional groups attached to an aromatic ring is 1. The molecule has 0 radical (unpaired) electrons. The van der Waals surface area contributed by atoms with Gasteiger partial charge < -0.3 is 25.0 Å². The zero-order valence-corrected chi connectivity index (χ0v) is 17.4. The maximum Gasteiger partial charge on any atom is 0.254 e. The highest BCUT2D eigenvalue weighted by molar-refractivity contribution is 5.95. The summed E-state index contributed by atoms with van der Waals surface area (Å²) in [5, 5.41) is 0. The summed E-state index contributed by atoms with van der Waals surface area (Å²) < 4.78 is 10.5. The first-order valence-electron chi connectivity index (χ1n) is 9.15. The molecule has 156 valence electrons. The second kappa shape index (κ2) is 10.0. The molecule has 2 aromatic rings. The van der Waals surface area contributed by atoms with E-state index >= 15 is 0 Å². The van der Waals surface area contributed by atoms with Crippen molar-refractivity contribution in [3.63, 3.8) is 0 Å². The Hall–Kier alpha value is -2.93. The predicted molar refractivity (Wildman–Crippen MR) is 114 cm³/mol. The van der Waals surface area contributed by atoms with Crippen LogP contribution in [0, 0.1) is 0 Å². The van der Waals surface area contributed by atoms with E-state index in [1.807, 2.05) is 12.1 Å². The van der Waals surface area contributed by atoms with Crippen LogP contribution in [0.3, 0.4) is 0 Å². The van der Waals surface area contributed by atoms with Crippen LogP contribution in [0.15, 0.2) is 42.5 Å². The molecule has 1 heterocycles. The van der Waals surface area contributed by atoms with Gasteiger partial charge >= 0.3 is 0 Å². The van der Waals surface area contributed by atoms with E-state index < -0.39 is 0 Å². The van der Waals surface area contributed by atoms with Gasteiger partial charge in [-0.3, -0.25) is 9.59 Å². The van der Waals surface area contributed by atoms with E-state index in [4.69, 9.17) is 15.2 Å². The van der Waals surface area contributed by atoms with Crippen LogP contribution in [-0.2, 0) is 11.2 Å². The Morgan fingerprint density at radius 3 is 2.07 bits per heavy atom. The molecule has 1 aliphatic rings. The first kappa shape index (κ1) is 22.4. The number of benzene rings is 2. The summed E-state index contributed by atoms with van der Waals surface area (Å²) >= 11 is 0. The summed E-state index contributed by atoms with van der Waals surface area (Å²) in [5.74, 6) is 1.08. The molecule has 0 bridgehead atoms. The molecule has 0 aliphatic carbocycles. The fourth-order valence-electron chi connectivity index (χ4n) is 3.23. The molecule has 7 nitrogen and oxygen atoms in total. The summed E-state index contributed by atoms with van der Waals surface area (Å²) in [6.45, 7) is 2.04. The maximum absolute atomic E-state index is 12.8. The minimum absolute atomic E-state index is 0. The van der Waals surface area contributed by atoms with Crippen molar-refractivity contribution in [3.8, 4) is 11.5 Å². The Labute approximate surface area is 176 Å². The molecule has 0 aromatic heterocycles. The van der Waals surface area contributed by atoms with Crippen LogP contribution in [-0.4, -0.2) is 62.0 Å². The lowest BCUT2D eigenvalue weighted by Crippen LogP contribution is -2.51. The number of rotatable bonds is 5. The zero-order chi connectivity index (χ0) is 20.1. The number of hydrogen-bond donors (Lipinski definition) is 1. The SMILES string of the molecule is COc1ccc(C(=O)N2CCN(C(=O)Cc3ccc(N)cc3)CC2)cc1OC.Cl. The monoisotopic (exact) mass is 419 g/mol. The lowest BCUT2D eigenvalue weighted by Gasteiger charge is -2.35. The molecule has 2 amide bonds. The van der Waals surface area contributed by atoms with E-state index in [2.05, 4.69) is 0 Å². The van der Waals surface area contributed by atoms with Crippen molar-refractivity contribution < 1.29 is 19.1 Å². The van der Waals surface area contributed by atoms with Gasteiger partial charge in [0.1, 0.15) is 0 Å². The van der Waals surface area contributed by atoms with Gasteiger partial charge in [0.15, 0.2) is 11.5 Å². The highest BCUT2D eigenvalue weighted by Gasteiger charge is 2.25. The van der Waals surface area contributed by atoms with Gasteiger partial charge in [0.2, 0.25) is 5.91 Å². The second-order valence-electron chi connectivity index (χ2n) is 6.66. The number of carbonyl (C=O) groups is 2. The number of nitrogens with two attached hydrogens (primary N) is 1. The second-order valence-corrected chi connectivity index (χ2v) is 6.66. The number of nitrogens with zero attached hydrogens (tertiary/aromatic N) is 2. The molecule has 0 unspecified atom stereocenters. The first-order valence-corrected chi connectivity index (χ1v) is 9.15. The van der Waals surface area contributed by atoms with E-state index in [1.165, 1.54) is 7.11 Å². The van der Waals surface area contributed by atoms with Crippen molar-refractivity contribution in [2.45, 2.75) is 6.42 Å². The first-order chi connectivity index (χ1) is 13.5. The van der Waals surface area contributed by atoms with Gasteiger partial charge in [0.05, 0.1) is 20.6 Å². The topological polar surface area (TPSA) is 85.1 Å². The van der Waals surface area contributed by atoms with E-state index in [0.29, 0.717) is 55.3 Å². The lowest BCUT2D eigenvalue weighted by atomic mass is 10.1. The van der Waals surface area contributed by atoms with Crippen LogP contribution >= 0.6 is 12.4 Å². The Morgan fingerprint density at radius 1 is 0.897 bits per heavy atom. The van der Waals surface area contributed by atoms with Crippen molar-refractivity contribution in [1.29, 1.82) is 0 Å². The minimum Gasteiger partial charge on any atom is -0.493 e. The van der Waals surface area contributed by atoms with E-state index in [-0.39, 0.29) is 24.2 Å². The number of amides is 2. The highest BCUT2D eigenvalue weighted by atomic mass is 35.5. The number of halogens is 1. The van der Waals surface area contributed by atoms with Gasteiger partial charge in [0, 0.05) is 37.4 Å². The average molecular weight is 420 g/mol. The Morgan fingerprint density at radius 2 is 1.48 bits per heavy atom. The summed E-state index contributed by atoms with van der Waals surface area (Å²) in [4.78, 5) is 28.9. The Balaban J connectivity index is 0.00000300. The van der Waals surface area contributed by atoms with Crippen molar-refractivity contribution in [1.82, 2.24) is 9.80 Å². The van der Waals surface area contributed by atoms with Gasteiger partial charge in [-0.25, -0.2) is 0 Å². The lowest BCUT2D eigenvalue weighted by molar-refractivity contribution is -0.131. The Bertz CT molecular complexity index is 850. The molecule has 2 aromatic carbocycles. The number of piperazine rings is 1. The van der Waals surface area contributed by atoms with Gasteiger partial charge in [-0.15, -0.1) is 12.4 Å².